The molecular weight excluding hydrogens is 427 g/mol. The van der Waals surface area contributed by atoms with Gasteiger partial charge in [0.1, 0.15) is 11.3 Å². The third kappa shape index (κ3) is 4.72. The molecule has 0 saturated carbocycles. The Morgan fingerprint density at radius 1 is 1.16 bits per heavy atom. The fourth-order valence-electron chi connectivity index (χ4n) is 3.38. The normalized spacial score (nSPS) is 14.5. The highest BCUT2D eigenvalue weighted by atomic mass is 32.1. The molecule has 3 heterocycles. The lowest BCUT2D eigenvalue weighted by molar-refractivity contribution is -0.137. The standard InChI is InChI=1S/C20H22F3N7S/c1-12-17(31-19(24-2)27-12)16-15(20(21,22)23)11-26-18(29-16)28-13-4-3-5-14(10-13)30-8-6-25-7-9-30/h3-5,10-11,25H,6-9H2,1-2H3,(H,24,27)(H,26,28,29). The van der Waals surface area contributed by atoms with Crippen molar-refractivity contribution in [2.45, 2.75) is 13.1 Å². The minimum Gasteiger partial charge on any atom is -0.369 e. The molecule has 7 nitrogen and oxygen atoms in total. The van der Waals surface area contributed by atoms with Gasteiger partial charge in [-0.25, -0.2) is 15.0 Å². The Hall–Kier alpha value is -2.92. The fraction of sp³-hybridized carbons (Fsp3) is 0.350. The number of alkyl halides is 3. The highest BCUT2D eigenvalue weighted by molar-refractivity contribution is 7.19. The number of rotatable bonds is 5. The van der Waals surface area contributed by atoms with Gasteiger partial charge >= 0.3 is 6.18 Å². The maximum absolute atomic E-state index is 13.6. The average Bonchev–Trinajstić information content (AvgIpc) is 3.14. The van der Waals surface area contributed by atoms with E-state index in [4.69, 9.17) is 0 Å². The summed E-state index contributed by atoms with van der Waals surface area (Å²) < 4.78 is 40.9. The average molecular weight is 450 g/mol. The number of hydrogen-bond acceptors (Lipinski definition) is 8. The first-order valence-corrected chi connectivity index (χ1v) is 10.6. The lowest BCUT2D eigenvalue weighted by atomic mass is 10.2. The maximum atomic E-state index is 13.6. The van der Waals surface area contributed by atoms with E-state index in [-0.39, 0.29) is 11.6 Å². The molecule has 4 rings (SSSR count). The lowest BCUT2D eigenvalue weighted by Gasteiger charge is -2.29. The Morgan fingerprint density at radius 2 is 1.94 bits per heavy atom. The molecule has 1 saturated heterocycles. The van der Waals surface area contributed by atoms with E-state index in [9.17, 15) is 13.2 Å². The van der Waals surface area contributed by atoms with Gasteiger partial charge in [-0.05, 0) is 25.1 Å². The van der Waals surface area contributed by atoms with Crippen molar-refractivity contribution in [3.8, 4) is 10.6 Å². The Labute approximate surface area is 181 Å². The predicted molar refractivity (Wildman–Crippen MR) is 117 cm³/mol. The second-order valence-electron chi connectivity index (χ2n) is 7.05. The first-order valence-electron chi connectivity index (χ1n) is 9.77. The largest absolute Gasteiger partial charge is 0.420 e. The zero-order valence-electron chi connectivity index (χ0n) is 17.0. The Balaban J connectivity index is 1.67. The third-order valence-electron chi connectivity index (χ3n) is 4.90. The first kappa shape index (κ1) is 21.3. The molecular formula is C20H22F3N7S. The molecule has 1 aliphatic rings. The number of aryl methyl sites for hydroxylation is 1. The van der Waals surface area contributed by atoms with Gasteiger partial charge in [-0.3, -0.25) is 0 Å². The SMILES string of the molecule is CNc1nc(C)c(-c2nc(Nc3cccc(N4CCNCC4)c3)ncc2C(F)(F)F)s1. The van der Waals surface area contributed by atoms with Crippen LogP contribution in [0.3, 0.4) is 0 Å². The van der Waals surface area contributed by atoms with Crippen molar-refractivity contribution in [3.05, 3.63) is 41.7 Å². The Bertz CT molecular complexity index is 1060. The monoisotopic (exact) mass is 449 g/mol. The van der Waals surface area contributed by atoms with Crippen LogP contribution in [0, 0.1) is 6.92 Å². The highest BCUT2D eigenvalue weighted by Crippen LogP contribution is 2.40. The molecule has 1 aliphatic heterocycles. The van der Waals surface area contributed by atoms with Crippen LogP contribution < -0.4 is 20.9 Å². The van der Waals surface area contributed by atoms with Crippen LogP contribution in [0.1, 0.15) is 11.3 Å². The van der Waals surface area contributed by atoms with Crippen molar-refractivity contribution in [1.29, 1.82) is 0 Å². The Morgan fingerprint density at radius 3 is 2.61 bits per heavy atom. The number of benzene rings is 1. The molecule has 0 atom stereocenters. The number of aromatic nitrogens is 3. The van der Waals surface area contributed by atoms with Crippen LogP contribution in [0.2, 0.25) is 0 Å². The summed E-state index contributed by atoms with van der Waals surface area (Å²) in [7, 11) is 1.67. The number of nitrogens with zero attached hydrogens (tertiary/aromatic N) is 4. The molecule has 0 spiro atoms. The van der Waals surface area contributed by atoms with Crippen LogP contribution in [0.4, 0.5) is 35.6 Å². The number of hydrogen-bond donors (Lipinski definition) is 3. The van der Waals surface area contributed by atoms with Gasteiger partial charge in [-0.15, -0.1) is 0 Å². The summed E-state index contributed by atoms with van der Waals surface area (Å²) in [6, 6.07) is 7.69. The number of nitrogens with one attached hydrogen (secondary N) is 3. The summed E-state index contributed by atoms with van der Waals surface area (Å²) in [5.74, 6) is 0.0965. The molecule has 0 radical (unpaired) electrons. The third-order valence-corrected chi connectivity index (χ3v) is 6.09. The van der Waals surface area contributed by atoms with Crippen molar-refractivity contribution in [1.82, 2.24) is 20.3 Å². The highest BCUT2D eigenvalue weighted by Gasteiger charge is 2.36. The van der Waals surface area contributed by atoms with Gasteiger partial charge in [0.05, 0.1) is 10.6 Å². The molecule has 0 unspecified atom stereocenters. The van der Waals surface area contributed by atoms with Crippen LogP contribution in [0.15, 0.2) is 30.5 Å². The number of anilines is 4. The smallest absolute Gasteiger partial charge is 0.369 e. The lowest BCUT2D eigenvalue weighted by Crippen LogP contribution is -2.43. The van der Waals surface area contributed by atoms with Gasteiger partial charge in [0.25, 0.3) is 0 Å². The van der Waals surface area contributed by atoms with Gasteiger partial charge in [0.15, 0.2) is 5.13 Å². The molecule has 2 aromatic heterocycles. The fourth-order valence-corrected chi connectivity index (χ4v) is 4.30. The molecule has 1 aromatic carbocycles. The maximum Gasteiger partial charge on any atom is 0.420 e. The van der Waals surface area contributed by atoms with Crippen molar-refractivity contribution in [2.24, 2.45) is 0 Å². The van der Waals surface area contributed by atoms with Gasteiger partial charge in [-0.2, -0.15) is 13.2 Å². The summed E-state index contributed by atoms with van der Waals surface area (Å²) in [5, 5.41) is 9.75. The van der Waals surface area contributed by atoms with Crippen LogP contribution in [0.25, 0.3) is 10.6 Å². The van der Waals surface area contributed by atoms with Crippen molar-refractivity contribution >= 4 is 33.8 Å². The zero-order chi connectivity index (χ0) is 22.0. The van der Waals surface area contributed by atoms with E-state index in [2.05, 4.69) is 35.8 Å². The van der Waals surface area contributed by atoms with Gasteiger partial charge in [0.2, 0.25) is 5.95 Å². The van der Waals surface area contributed by atoms with E-state index in [1.807, 2.05) is 24.3 Å². The molecule has 3 N–H and O–H groups in total. The molecule has 164 valence electrons. The molecule has 0 aliphatic carbocycles. The summed E-state index contributed by atoms with van der Waals surface area (Å²) in [4.78, 5) is 15.0. The van der Waals surface area contributed by atoms with Crippen LogP contribution in [-0.2, 0) is 6.18 Å². The Kier molecular flexibility index (Phi) is 5.96. The zero-order valence-corrected chi connectivity index (χ0v) is 17.9. The molecule has 1 fully saturated rings. The van der Waals surface area contributed by atoms with Crippen molar-refractivity contribution in [3.63, 3.8) is 0 Å². The molecule has 3 aromatic rings. The van der Waals surface area contributed by atoms with Gasteiger partial charge in [-0.1, -0.05) is 17.4 Å². The number of piperazine rings is 1. The summed E-state index contributed by atoms with van der Waals surface area (Å²) in [5.41, 5.74) is 1.15. The van der Waals surface area contributed by atoms with E-state index in [1.54, 1.807) is 14.0 Å². The summed E-state index contributed by atoms with van der Waals surface area (Å²) in [6.45, 7) is 5.27. The molecule has 0 amide bonds. The second kappa shape index (κ2) is 8.67. The summed E-state index contributed by atoms with van der Waals surface area (Å²) in [6.07, 6.45) is -3.75. The molecule has 11 heteroatoms. The minimum atomic E-state index is -4.58. The number of halogens is 3. The number of thiazole rings is 1. The topological polar surface area (TPSA) is 78.0 Å². The van der Waals surface area contributed by atoms with Gasteiger partial charge < -0.3 is 20.9 Å². The minimum absolute atomic E-state index is 0.0965. The molecule has 0 bridgehead atoms. The summed E-state index contributed by atoms with van der Waals surface area (Å²) >= 11 is 1.13. The van der Waals surface area contributed by atoms with Gasteiger partial charge in [0, 0.05) is 50.8 Å². The van der Waals surface area contributed by atoms with Crippen molar-refractivity contribution < 1.29 is 13.2 Å². The second-order valence-corrected chi connectivity index (χ2v) is 8.05. The van der Waals surface area contributed by atoms with E-state index >= 15 is 0 Å². The van der Waals surface area contributed by atoms with Crippen molar-refractivity contribution in [2.75, 3.05) is 48.8 Å². The van der Waals surface area contributed by atoms with Crippen LogP contribution in [0.5, 0.6) is 0 Å². The van der Waals surface area contributed by atoms with Crippen LogP contribution in [-0.4, -0.2) is 48.2 Å². The molecule has 31 heavy (non-hydrogen) atoms. The van der Waals surface area contributed by atoms with Crippen LogP contribution >= 0.6 is 11.3 Å². The quantitative estimate of drug-likeness (QED) is 0.541. The first-order chi connectivity index (χ1) is 14.8. The van der Waals surface area contributed by atoms with E-state index in [0.29, 0.717) is 21.4 Å². The van der Waals surface area contributed by atoms with E-state index in [1.165, 1.54) is 0 Å². The predicted octanol–water partition coefficient (Wildman–Crippen LogP) is 4.12. The van der Waals surface area contributed by atoms with E-state index < -0.39 is 11.7 Å². The van der Waals surface area contributed by atoms with E-state index in [0.717, 1.165) is 49.4 Å².